The monoisotopic (exact) mass is 406 g/mol. The zero-order valence-electron chi connectivity index (χ0n) is 18.3. The molecule has 0 spiro atoms. The van der Waals surface area contributed by atoms with Crippen molar-refractivity contribution < 1.29 is 5.11 Å². The van der Waals surface area contributed by atoms with Crippen LogP contribution in [0.3, 0.4) is 0 Å². The van der Waals surface area contributed by atoms with E-state index in [2.05, 4.69) is 64.8 Å². The van der Waals surface area contributed by atoms with Gasteiger partial charge >= 0.3 is 0 Å². The number of phenols is 1. The summed E-state index contributed by atoms with van der Waals surface area (Å²) in [6.07, 6.45) is 8.32. The minimum atomic E-state index is 0.139. The SMILES string of the molecule is CC1C(N(C)c2cnc(-c3ccc(-c4cn[nH]c4)cc3O)nc2)CCN(C)C1(C)C. The lowest BCUT2D eigenvalue weighted by Gasteiger charge is -2.51. The number of anilines is 1. The normalized spacial score (nSPS) is 21.5. The third-order valence-corrected chi connectivity index (χ3v) is 7.05. The molecule has 0 bridgehead atoms. The molecule has 0 amide bonds. The van der Waals surface area contributed by atoms with Crippen molar-refractivity contribution in [3.8, 4) is 28.3 Å². The topological polar surface area (TPSA) is 81.2 Å². The molecule has 3 aromatic rings. The maximum absolute atomic E-state index is 10.5. The zero-order valence-corrected chi connectivity index (χ0v) is 18.3. The third-order valence-electron chi connectivity index (χ3n) is 7.05. The van der Waals surface area contributed by atoms with E-state index in [0.29, 0.717) is 23.3 Å². The van der Waals surface area contributed by atoms with Crippen LogP contribution in [0.4, 0.5) is 5.69 Å². The van der Waals surface area contributed by atoms with Gasteiger partial charge in [0.2, 0.25) is 0 Å². The zero-order chi connectivity index (χ0) is 21.5. The summed E-state index contributed by atoms with van der Waals surface area (Å²) in [5, 5.41) is 17.3. The molecule has 1 aromatic carbocycles. The molecule has 7 heteroatoms. The third kappa shape index (κ3) is 3.54. The molecule has 0 aliphatic carbocycles. The first kappa shape index (κ1) is 20.3. The average Bonchev–Trinajstić information content (AvgIpc) is 3.27. The van der Waals surface area contributed by atoms with Crippen LogP contribution >= 0.6 is 0 Å². The minimum Gasteiger partial charge on any atom is -0.507 e. The molecule has 1 aliphatic heterocycles. The second kappa shape index (κ2) is 7.72. The largest absolute Gasteiger partial charge is 0.507 e. The number of piperidine rings is 1. The standard InChI is InChI=1S/C23H30N6O/c1-15-20(8-9-28(4)23(15,2)3)29(5)18-13-24-22(25-14-18)19-7-6-16(10-21(19)30)17-11-26-27-12-17/h6-7,10-15,20,30H,8-9H2,1-5H3,(H,26,27). The molecule has 30 heavy (non-hydrogen) atoms. The summed E-state index contributed by atoms with van der Waals surface area (Å²) in [7, 11) is 4.33. The lowest BCUT2D eigenvalue weighted by Crippen LogP contribution is -2.59. The van der Waals surface area contributed by atoms with Crippen molar-refractivity contribution in [2.75, 3.05) is 25.5 Å². The van der Waals surface area contributed by atoms with Crippen molar-refractivity contribution in [1.82, 2.24) is 25.1 Å². The van der Waals surface area contributed by atoms with Gasteiger partial charge in [-0.2, -0.15) is 5.10 Å². The van der Waals surface area contributed by atoms with Gasteiger partial charge in [0.15, 0.2) is 5.82 Å². The summed E-state index contributed by atoms with van der Waals surface area (Å²) in [6, 6.07) is 5.92. The van der Waals surface area contributed by atoms with Gasteiger partial charge < -0.3 is 14.9 Å². The molecule has 4 rings (SSSR count). The lowest BCUT2D eigenvalue weighted by atomic mass is 9.76. The Kier molecular flexibility index (Phi) is 5.24. The fourth-order valence-electron chi connectivity index (χ4n) is 4.35. The number of likely N-dealkylation sites (tertiary alicyclic amines) is 1. The summed E-state index contributed by atoms with van der Waals surface area (Å²) in [4.78, 5) is 13.8. The minimum absolute atomic E-state index is 0.139. The van der Waals surface area contributed by atoms with E-state index >= 15 is 0 Å². The molecule has 0 saturated carbocycles. The van der Waals surface area contributed by atoms with E-state index in [9.17, 15) is 5.11 Å². The van der Waals surface area contributed by atoms with E-state index in [1.165, 1.54) is 0 Å². The highest BCUT2D eigenvalue weighted by atomic mass is 16.3. The van der Waals surface area contributed by atoms with Gasteiger partial charge in [0, 0.05) is 36.9 Å². The predicted octanol–water partition coefficient (Wildman–Crippen LogP) is 3.79. The number of aromatic nitrogens is 4. The number of rotatable bonds is 4. The molecule has 2 N–H and O–H groups in total. The Balaban J connectivity index is 1.54. The first-order valence-corrected chi connectivity index (χ1v) is 10.4. The number of hydrogen-bond acceptors (Lipinski definition) is 6. The molecule has 2 atom stereocenters. The summed E-state index contributed by atoms with van der Waals surface area (Å²) in [5.74, 6) is 1.17. The van der Waals surface area contributed by atoms with Crippen LogP contribution < -0.4 is 4.90 Å². The Bertz CT molecular complexity index is 999. The Morgan fingerprint density at radius 3 is 2.53 bits per heavy atom. The fraction of sp³-hybridized carbons (Fsp3) is 0.435. The van der Waals surface area contributed by atoms with Crippen molar-refractivity contribution in [2.45, 2.75) is 38.8 Å². The lowest BCUT2D eigenvalue weighted by molar-refractivity contribution is 0.0393. The Morgan fingerprint density at radius 2 is 1.90 bits per heavy atom. The van der Waals surface area contributed by atoms with Gasteiger partial charge in [-0.15, -0.1) is 0 Å². The summed E-state index contributed by atoms with van der Waals surface area (Å²) < 4.78 is 0. The van der Waals surface area contributed by atoms with Crippen LogP contribution in [0.1, 0.15) is 27.2 Å². The molecule has 2 unspecified atom stereocenters. The number of benzene rings is 1. The summed E-state index contributed by atoms with van der Waals surface area (Å²) in [6.45, 7) is 8.02. The van der Waals surface area contributed by atoms with Crippen LogP contribution in [-0.2, 0) is 0 Å². The highest BCUT2D eigenvalue weighted by molar-refractivity contribution is 5.72. The van der Waals surface area contributed by atoms with Crippen molar-refractivity contribution >= 4 is 5.69 Å². The molecule has 1 aliphatic rings. The number of H-pyrrole nitrogens is 1. The second-order valence-electron chi connectivity index (χ2n) is 8.81. The van der Waals surface area contributed by atoms with E-state index < -0.39 is 0 Å². The smallest absolute Gasteiger partial charge is 0.163 e. The van der Waals surface area contributed by atoms with Gasteiger partial charge in [-0.25, -0.2) is 9.97 Å². The Labute approximate surface area is 177 Å². The van der Waals surface area contributed by atoms with E-state index in [1.54, 1.807) is 18.5 Å². The number of nitrogens with one attached hydrogen (secondary N) is 1. The van der Waals surface area contributed by atoms with Gasteiger partial charge in [0.25, 0.3) is 0 Å². The number of hydrogen-bond donors (Lipinski definition) is 2. The number of nitrogens with zero attached hydrogens (tertiary/aromatic N) is 5. The van der Waals surface area contributed by atoms with Crippen molar-refractivity contribution in [3.63, 3.8) is 0 Å². The van der Waals surface area contributed by atoms with Crippen LogP contribution in [0.15, 0.2) is 43.0 Å². The van der Waals surface area contributed by atoms with Gasteiger partial charge in [0.05, 0.1) is 29.8 Å². The maximum Gasteiger partial charge on any atom is 0.163 e. The molecular formula is C23H30N6O. The Hall–Kier alpha value is -2.93. The summed E-state index contributed by atoms with van der Waals surface area (Å²) in [5.41, 5.74) is 3.56. The first-order chi connectivity index (χ1) is 14.3. The highest BCUT2D eigenvalue weighted by Crippen LogP contribution is 2.36. The average molecular weight is 407 g/mol. The molecule has 1 saturated heterocycles. The van der Waals surface area contributed by atoms with Gasteiger partial charge in [0.1, 0.15) is 5.75 Å². The molecular weight excluding hydrogens is 376 g/mol. The van der Waals surface area contributed by atoms with Crippen LogP contribution in [-0.4, -0.2) is 62.4 Å². The number of aromatic amines is 1. The summed E-state index contributed by atoms with van der Waals surface area (Å²) >= 11 is 0. The number of phenolic OH excluding ortho intramolecular Hbond substituents is 1. The van der Waals surface area contributed by atoms with E-state index in [-0.39, 0.29) is 11.3 Å². The predicted molar refractivity (Wildman–Crippen MR) is 119 cm³/mol. The second-order valence-corrected chi connectivity index (χ2v) is 8.81. The molecule has 1 fully saturated rings. The first-order valence-electron chi connectivity index (χ1n) is 10.4. The van der Waals surface area contributed by atoms with Crippen molar-refractivity contribution in [2.24, 2.45) is 5.92 Å². The van der Waals surface area contributed by atoms with Crippen LogP contribution in [0.25, 0.3) is 22.5 Å². The van der Waals surface area contributed by atoms with Gasteiger partial charge in [-0.3, -0.25) is 5.10 Å². The number of aromatic hydroxyl groups is 1. The van der Waals surface area contributed by atoms with Crippen LogP contribution in [0, 0.1) is 5.92 Å². The molecule has 7 nitrogen and oxygen atoms in total. The Morgan fingerprint density at radius 1 is 1.17 bits per heavy atom. The van der Waals surface area contributed by atoms with E-state index in [0.717, 1.165) is 29.8 Å². The quantitative estimate of drug-likeness (QED) is 0.686. The highest BCUT2D eigenvalue weighted by Gasteiger charge is 2.41. The molecule has 2 aromatic heterocycles. The molecule has 158 valence electrons. The van der Waals surface area contributed by atoms with Crippen molar-refractivity contribution in [3.05, 3.63) is 43.0 Å². The van der Waals surface area contributed by atoms with Crippen LogP contribution in [0.2, 0.25) is 0 Å². The maximum atomic E-state index is 10.5. The van der Waals surface area contributed by atoms with Crippen molar-refractivity contribution in [1.29, 1.82) is 0 Å². The molecule has 3 heterocycles. The van der Waals surface area contributed by atoms with E-state index in [4.69, 9.17) is 0 Å². The van der Waals surface area contributed by atoms with Crippen LogP contribution in [0.5, 0.6) is 5.75 Å². The molecule has 0 radical (unpaired) electrons. The fourth-order valence-corrected chi connectivity index (χ4v) is 4.35. The van der Waals surface area contributed by atoms with Gasteiger partial charge in [-0.1, -0.05) is 13.0 Å². The van der Waals surface area contributed by atoms with E-state index in [1.807, 2.05) is 24.5 Å². The van der Waals surface area contributed by atoms with Gasteiger partial charge in [-0.05, 0) is 50.9 Å².